The van der Waals surface area contributed by atoms with Crippen LogP contribution in [0, 0.1) is 23.5 Å². The van der Waals surface area contributed by atoms with E-state index in [0.29, 0.717) is 5.69 Å². The summed E-state index contributed by atoms with van der Waals surface area (Å²) >= 11 is 0. The van der Waals surface area contributed by atoms with Crippen LogP contribution in [0.15, 0.2) is 24.4 Å². The van der Waals surface area contributed by atoms with E-state index in [1.165, 1.54) is 16.8 Å². The van der Waals surface area contributed by atoms with Crippen LogP contribution in [0.25, 0.3) is 5.69 Å². The lowest BCUT2D eigenvalue weighted by atomic mass is 9.93. The normalized spacial score (nSPS) is 16.2. The third-order valence-electron chi connectivity index (χ3n) is 3.82. The van der Waals surface area contributed by atoms with Gasteiger partial charge in [0.15, 0.2) is 0 Å². The average molecular weight is 315 g/mol. The van der Waals surface area contributed by atoms with Crippen LogP contribution in [-0.2, 0) is 11.2 Å². The zero-order valence-corrected chi connectivity index (χ0v) is 12.6. The first-order chi connectivity index (χ1) is 11.1. The molecule has 0 saturated carbocycles. The number of hydrogen-bond acceptors (Lipinski definition) is 2. The smallest absolute Gasteiger partial charge is 0.296 e. The third-order valence-corrected chi connectivity index (χ3v) is 3.82. The summed E-state index contributed by atoms with van der Waals surface area (Å²) in [7, 11) is 0. The van der Waals surface area contributed by atoms with Gasteiger partial charge in [-0.25, -0.2) is 13.5 Å². The number of amides is 1. The Morgan fingerprint density at radius 1 is 1.35 bits per heavy atom. The van der Waals surface area contributed by atoms with Crippen molar-refractivity contribution >= 4 is 5.91 Å². The Bertz CT molecular complexity index is 797. The van der Waals surface area contributed by atoms with Gasteiger partial charge in [-0.05, 0) is 44.2 Å². The molecule has 2 aromatic rings. The Kier molecular flexibility index (Phi) is 4.11. The zero-order chi connectivity index (χ0) is 16.4. The fourth-order valence-electron chi connectivity index (χ4n) is 2.90. The number of nitrogens with one attached hydrogen (secondary N) is 1. The van der Waals surface area contributed by atoms with Gasteiger partial charge in [0.25, 0.3) is 5.91 Å². The van der Waals surface area contributed by atoms with Crippen molar-refractivity contribution in [3.63, 3.8) is 0 Å². The number of nitrogens with zero attached hydrogens (tertiary/aromatic N) is 2. The van der Waals surface area contributed by atoms with Gasteiger partial charge in [0.05, 0.1) is 17.9 Å². The Hall–Kier alpha value is -2.68. The number of halogens is 2. The van der Waals surface area contributed by atoms with E-state index < -0.39 is 11.6 Å². The molecular weight excluding hydrogens is 300 g/mol. The molecule has 1 heterocycles. The second-order valence-electron chi connectivity index (χ2n) is 5.38. The topological polar surface area (TPSA) is 46.9 Å². The van der Waals surface area contributed by atoms with Gasteiger partial charge in [0, 0.05) is 17.3 Å². The average Bonchev–Trinajstić information content (AvgIpc) is 2.91. The summed E-state index contributed by atoms with van der Waals surface area (Å²) in [6.07, 6.45) is 4.01. The lowest BCUT2D eigenvalue weighted by Gasteiger charge is -2.23. The second kappa shape index (κ2) is 6.21. The van der Waals surface area contributed by atoms with Crippen molar-refractivity contribution in [3.8, 4) is 17.5 Å². The number of aromatic nitrogens is 2. The molecule has 0 fully saturated rings. The first-order valence-corrected chi connectivity index (χ1v) is 7.35. The van der Waals surface area contributed by atoms with E-state index in [-0.39, 0.29) is 11.9 Å². The van der Waals surface area contributed by atoms with E-state index in [1.54, 1.807) is 13.1 Å². The van der Waals surface area contributed by atoms with E-state index in [0.717, 1.165) is 36.6 Å². The quantitative estimate of drug-likeness (QED) is 0.866. The van der Waals surface area contributed by atoms with Crippen LogP contribution in [0.5, 0.6) is 0 Å². The first-order valence-electron chi connectivity index (χ1n) is 7.35. The molecule has 0 aliphatic heterocycles. The van der Waals surface area contributed by atoms with Crippen molar-refractivity contribution in [3.05, 3.63) is 47.3 Å². The van der Waals surface area contributed by atoms with Gasteiger partial charge in [-0.1, -0.05) is 5.92 Å². The molecule has 1 amide bonds. The lowest BCUT2D eigenvalue weighted by Crippen LogP contribution is -2.29. The molecule has 1 aliphatic carbocycles. The summed E-state index contributed by atoms with van der Waals surface area (Å²) in [5, 5.41) is 7.10. The van der Waals surface area contributed by atoms with Gasteiger partial charge in [-0.2, -0.15) is 5.10 Å². The SMILES string of the molecule is CC#CC(=O)N[C@@H]1CCCc2c1cnn2-c1cc(F)cc(F)c1. The lowest BCUT2D eigenvalue weighted by molar-refractivity contribution is -0.116. The van der Waals surface area contributed by atoms with Crippen LogP contribution in [0.1, 0.15) is 37.1 Å². The van der Waals surface area contributed by atoms with E-state index in [9.17, 15) is 13.6 Å². The molecule has 1 aromatic heterocycles. The predicted octanol–water partition coefficient (Wildman–Crippen LogP) is 2.67. The monoisotopic (exact) mass is 315 g/mol. The molecule has 1 atom stereocenters. The molecule has 23 heavy (non-hydrogen) atoms. The summed E-state index contributed by atoms with van der Waals surface area (Å²) in [5.41, 5.74) is 2.06. The highest BCUT2D eigenvalue weighted by Crippen LogP contribution is 2.31. The van der Waals surface area contributed by atoms with Gasteiger partial charge in [-0.15, -0.1) is 0 Å². The first kappa shape index (κ1) is 15.2. The summed E-state index contributed by atoms with van der Waals surface area (Å²) in [5.74, 6) is 3.37. The minimum atomic E-state index is -0.650. The molecule has 0 spiro atoms. The minimum Gasteiger partial charge on any atom is -0.338 e. The maximum Gasteiger partial charge on any atom is 0.296 e. The maximum atomic E-state index is 13.4. The minimum absolute atomic E-state index is 0.181. The Balaban J connectivity index is 1.96. The molecule has 1 N–H and O–H groups in total. The molecule has 118 valence electrons. The van der Waals surface area contributed by atoms with Crippen LogP contribution in [-0.4, -0.2) is 15.7 Å². The van der Waals surface area contributed by atoms with Crippen molar-refractivity contribution in [1.29, 1.82) is 0 Å². The molecule has 4 nitrogen and oxygen atoms in total. The van der Waals surface area contributed by atoms with Gasteiger partial charge in [-0.3, -0.25) is 4.79 Å². The maximum absolute atomic E-state index is 13.4. The van der Waals surface area contributed by atoms with Crippen LogP contribution in [0.4, 0.5) is 8.78 Å². The van der Waals surface area contributed by atoms with Crippen molar-refractivity contribution in [2.45, 2.75) is 32.2 Å². The summed E-state index contributed by atoms with van der Waals surface area (Å²) < 4.78 is 28.4. The summed E-state index contributed by atoms with van der Waals surface area (Å²) in [6, 6.07) is 3.12. The number of carbonyl (C=O) groups is 1. The van der Waals surface area contributed by atoms with Gasteiger partial charge < -0.3 is 5.32 Å². The molecular formula is C17H15F2N3O. The zero-order valence-electron chi connectivity index (χ0n) is 12.6. The largest absolute Gasteiger partial charge is 0.338 e. The van der Waals surface area contributed by atoms with Crippen molar-refractivity contribution < 1.29 is 13.6 Å². The Morgan fingerprint density at radius 2 is 2.09 bits per heavy atom. The predicted molar refractivity (Wildman–Crippen MR) is 80.8 cm³/mol. The van der Waals surface area contributed by atoms with E-state index >= 15 is 0 Å². The van der Waals surface area contributed by atoms with Crippen LogP contribution >= 0.6 is 0 Å². The molecule has 0 saturated heterocycles. The van der Waals surface area contributed by atoms with Crippen molar-refractivity contribution in [2.75, 3.05) is 0 Å². The number of rotatable bonds is 2. The van der Waals surface area contributed by atoms with Crippen LogP contribution in [0.3, 0.4) is 0 Å². The molecule has 1 aliphatic rings. The van der Waals surface area contributed by atoms with Crippen molar-refractivity contribution in [1.82, 2.24) is 15.1 Å². The summed E-state index contributed by atoms with van der Waals surface area (Å²) in [6.45, 7) is 1.60. The highest BCUT2D eigenvalue weighted by atomic mass is 19.1. The van der Waals surface area contributed by atoms with Crippen LogP contribution < -0.4 is 5.32 Å². The van der Waals surface area contributed by atoms with Gasteiger partial charge in [0.2, 0.25) is 0 Å². The molecule has 0 radical (unpaired) electrons. The number of carbonyl (C=O) groups excluding carboxylic acids is 1. The summed E-state index contributed by atoms with van der Waals surface area (Å²) in [4.78, 5) is 11.7. The highest BCUT2D eigenvalue weighted by Gasteiger charge is 2.26. The Morgan fingerprint density at radius 3 is 2.78 bits per heavy atom. The second-order valence-corrected chi connectivity index (χ2v) is 5.38. The van der Waals surface area contributed by atoms with E-state index in [2.05, 4.69) is 22.3 Å². The molecule has 6 heteroatoms. The Labute approximate surface area is 132 Å². The molecule has 3 rings (SSSR count). The molecule has 1 aromatic carbocycles. The molecule has 0 unspecified atom stereocenters. The van der Waals surface area contributed by atoms with Gasteiger partial charge in [0.1, 0.15) is 11.6 Å². The fraction of sp³-hybridized carbons (Fsp3) is 0.294. The fourth-order valence-corrected chi connectivity index (χ4v) is 2.90. The standard InChI is InChI=1S/C17H15F2N3O/c1-2-4-17(23)21-15-5-3-6-16-14(15)10-20-22(16)13-8-11(18)7-12(19)9-13/h7-10,15H,3,5-6H2,1H3,(H,21,23)/t15-/m1/s1. The number of fused-ring (bicyclic) bond motifs is 1. The highest BCUT2D eigenvalue weighted by molar-refractivity contribution is 5.93. The van der Waals surface area contributed by atoms with E-state index in [1.807, 2.05) is 0 Å². The molecule has 0 bridgehead atoms. The number of benzene rings is 1. The van der Waals surface area contributed by atoms with Crippen LogP contribution in [0.2, 0.25) is 0 Å². The van der Waals surface area contributed by atoms with E-state index in [4.69, 9.17) is 0 Å². The number of hydrogen-bond donors (Lipinski definition) is 1. The van der Waals surface area contributed by atoms with Gasteiger partial charge >= 0.3 is 0 Å². The third kappa shape index (κ3) is 3.09. The van der Waals surface area contributed by atoms with Crippen molar-refractivity contribution in [2.24, 2.45) is 0 Å².